The molecule has 0 aliphatic heterocycles. The molecule has 4 N–H and O–H groups in total. The molecule has 0 amide bonds. The van der Waals surface area contributed by atoms with E-state index in [0.717, 1.165) is 12.8 Å². The van der Waals surface area contributed by atoms with Crippen LogP contribution in [0.2, 0.25) is 0 Å². The van der Waals surface area contributed by atoms with Gasteiger partial charge in [-0.2, -0.15) is 0 Å². The van der Waals surface area contributed by atoms with Crippen molar-refractivity contribution in [3.8, 4) is 0 Å². The van der Waals surface area contributed by atoms with Gasteiger partial charge in [-0.05, 0) is 12.8 Å². The van der Waals surface area contributed by atoms with E-state index in [1.54, 1.807) is 0 Å². The molecule has 0 heterocycles. The van der Waals surface area contributed by atoms with E-state index in [9.17, 15) is 0 Å². The molecule has 1 aliphatic carbocycles. The van der Waals surface area contributed by atoms with Crippen molar-refractivity contribution in [1.82, 2.24) is 0 Å². The zero-order valence-corrected chi connectivity index (χ0v) is 8.81. The first-order valence-electron chi connectivity index (χ1n) is 3.32. The van der Waals surface area contributed by atoms with Gasteiger partial charge in [-0.15, -0.1) is 37.2 Å². The minimum atomic E-state index is 0. The van der Waals surface area contributed by atoms with Gasteiger partial charge in [0.1, 0.15) is 0 Å². The van der Waals surface area contributed by atoms with Gasteiger partial charge in [-0.25, -0.2) is 0 Å². The van der Waals surface area contributed by atoms with Crippen molar-refractivity contribution in [3.05, 3.63) is 0 Å². The Hall–Kier alpha value is 0.790. The molecule has 1 aliphatic rings. The van der Waals surface area contributed by atoms with Gasteiger partial charge < -0.3 is 11.5 Å². The quantitative estimate of drug-likeness (QED) is 0.654. The number of rotatable bonds is 0. The van der Waals surface area contributed by atoms with Crippen molar-refractivity contribution in [3.63, 3.8) is 0 Å². The Balaban J connectivity index is -0.000000213. The highest BCUT2D eigenvalue weighted by molar-refractivity contribution is 5.86. The lowest BCUT2D eigenvalue weighted by molar-refractivity contribution is 0.385. The summed E-state index contributed by atoms with van der Waals surface area (Å²) in [5.74, 6) is 0. The van der Waals surface area contributed by atoms with Crippen LogP contribution in [-0.4, -0.2) is 12.1 Å². The fourth-order valence-electron chi connectivity index (χ4n) is 1.19. The summed E-state index contributed by atoms with van der Waals surface area (Å²) in [4.78, 5) is 0. The third-order valence-electron chi connectivity index (χ3n) is 1.87. The van der Waals surface area contributed by atoms with Gasteiger partial charge in [0.25, 0.3) is 0 Å². The van der Waals surface area contributed by atoms with Gasteiger partial charge >= 0.3 is 0 Å². The predicted molar refractivity (Wildman–Crippen MR) is 56.2 cm³/mol. The molecule has 0 aromatic rings. The lowest BCUT2D eigenvalue weighted by atomic mass is 9.92. The van der Waals surface area contributed by atoms with Crippen molar-refractivity contribution in [1.29, 1.82) is 0 Å². The van der Waals surface area contributed by atoms with E-state index in [0.29, 0.717) is 0 Å². The van der Waals surface area contributed by atoms with Crippen LogP contribution < -0.4 is 11.5 Å². The zero-order chi connectivity index (χ0) is 5.98. The Morgan fingerprint density at radius 3 is 1.18 bits per heavy atom. The Morgan fingerprint density at radius 1 is 0.727 bits per heavy atom. The molecule has 0 saturated heterocycles. The second kappa shape index (κ2) is 8.88. The third kappa shape index (κ3) is 6.00. The van der Waals surface area contributed by atoms with Crippen LogP contribution in [0.25, 0.3) is 0 Å². The summed E-state index contributed by atoms with van der Waals surface area (Å²) in [7, 11) is 0. The van der Waals surface area contributed by atoms with Crippen LogP contribution in [0.3, 0.4) is 0 Å². The molecular formula is C6H17Cl3N2. The maximum Gasteiger partial charge on any atom is 0.0192 e. The van der Waals surface area contributed by atoms with Crippen molar-refractivity contribution >= 4 is 37.2 Å². The molecule has 0 bridgehead atoms. The molecule has 11 heavy (non-hydrogen) atoms. The lowest BCUT2D eigenvalue weighted by Gasteiger charge is -2.24. The fraction of sp³-hybridized carbons (Fsp3) is 1.00. The summed E-state index contributed by atoms with van der Waals surface area (Å²) >= 11 is 0. The molecule has 0 spiro atoms. The van der Waals surface area contributed by atoms with Gasteiger partial charge in [-0.3, -0.25) is 0 Å². The second-order valence-electron chi connectivity index (χ2n) is 2.61. The molecule has 2 atom stereocenters. The van der Waals surface area contributed by atoms with Gasteiger partial charge in [0, 0.05) is 12.1 Å². The van der Waals surface area contributed by atoms with Crippen LogP contribution in [0.1, 0.15) is 25.7 Å². The van der Waals surface area contributed by atoms with Crippen molar-refractivity contribution < 1.29 is 0 Å². The Kier molecular flexibility index (Phi) is 14.3. The minimum absolute atomic E-state index is 0. The van der Waals surface area contributed by atoms with Crippen LogP contribution in [0.15, 0.2) is 0 Å². The monoisotopic (exact) mass is 222 g/mol. The average molecular weight is 224 g/mol. The van der Waals surface area contributed by atoms with Gasteiger partial charge in [-0.1, -0.05) is 12.8 Å². The summed E-state index contributed by atoms with van der Waals surface area (Å²) in [6.45, 7) is 0. The fourth-order valence-corrected chi connectivity index (χ4v) is 1.19. The summed E-state index contributed by atoms with van der Waals surface area (Å²) < 4.78 is 0. The van der Waals surface area contributed by atoms with Crippen molar-refractivity contribution in [2.45, 2.75) is 37.8 Å². The van der Waals surface area contributed by atoms with E-state index < -0.39 is 0 Å². The predicted octanol–water partition coefficient (Wildman–Crippen LogP) is 1.48. The SMILES string of the molecule is Cl.Cl.Cl.NC1CCCCC1N. The maximum absolute atomic E-state index is 5.65. The van der Waals surface area contributed by atoms with E-state index in [4.69, 9.17) is 11.5 Å². The summed E-state index contributed by atoms with van der Waals surface area (Å²) in [6.07, 6.45) is 4.80. The smallest absolute Gasteiger partial charge is 0.0192 e. The van der Waals surface area contributed by atoms with E-state index in [1.807, 2.05) is 0 Å². The molecule has 5 heteroatoms. The first-order chi connectivity index (χ1) is 3.80. The molecule has 2 unspecified atom stereocenters. The van der Waals surface area contributed by atoms with E-state index in [2.05, 4.69) is 0 Å². The van der Waals surface area contributed by atoms with Crippen molar-refractivity contribution in [2.24, 2.45) is 11.5 Å². The molecular weight excluding hydrogens is 206 g/mol. The van der Waals surface area contributed by atoms with Crippen LogP contribution >= 0.6 is 37.2 Å². The molecule has 72 valence electrons. The molecule has 0 aromatic carbocycles. The normalized spacial score (nSPS) is 28.9. The molecule has 2 nitrogen and oxygen atoms in total. The highest BCUT2D eigenvalue weighted by Crippen LogP contribution is 2.14. The average Bonchev–Trinajstić information content (AvgIpc) is 1.77. The topological polar surface area (TPSA) is 52.0 Å². The van der Waals surface area contributed by atoms with Crippen LogP contribution in [0.4, 0.5) is 0 Å². The second-order valence-corrected chi connectivity index (χ2v) is 2.61. The van der Waals surface area contributed by atoms with E-state index in [1.165, 1.54) is 12.8 Å². The number of nitrogens with two attached hydrogens (primary N) is 2. The summed E-state index contributed by atoms with van der Waals surface area (Å²) in [6, 6.07) is 0.562. The standard InChI is InChI=1S/C6H14N2.3ClH/c7-5-3-1-2-4-6(5)8;;;/h5-6H,1-4,7-8H2;3*1H. The van der Waals surface area contributed by atoms with Gasteiger partial charge in [0.15, 0.2) is 0 Å². The largest absolute Gasteiger partial charge is 0.326 e. The first-order valence-corrected chi connectivity index (χ1v) is 3.32. The molecule has 1 rings (SSSR count). The summed E-state index contributed by atoms with van der Waals surface area (Å²) in [5.41, 5.74) is 11.3. The number of halogens is 3. The van der Waals surface area contributed by atoms with Gasteiger partial charge in [0.2, 0.25) is 0 Å². The Bertz CT molecular complexity index is 72.2. The van der Waals surface area contributed by atoms with E-state index in [-0.39, 0.29) is 49.3 Å². The van der Waals surface area contributed by atoms with E-state index >= 15 is 0 Å². The molecule has 1 saturated carbocycles. The molecule has 0 aromatic heterocycles. The maximum atomic E-state index is 5.65. The third-order valence-corrected chi connectivity index (χ3v) is 1.87. The minimum Gasteiger partial charge on any atom is -0.326 e. The lowest BCUT2D eigenvalue weighted by Crippen LogP contribution is -2.43. The first kappa shape index (κ1) is 17.8. The number of hydrogen-bond acceptors (Lipinski definition) is 2. The highest BCUT2D eigenvalue weighted by Gasteiger charge is 2.16. The van der Waals surface area contributed by atoms with Gasteiger partial charge in [0.05, 0.1) is 0 Å². The van der Waals surface area contributed by atoms with Crippen LogP contribution in [0.5, 0.6) is 0 Å². The highest BCUT2D eigenvalue weighted by atomic mass is 35.5. The zero-order valence-electron chi connectivity index (χ0n) is 6.36. The molecule has 1 fully saturated rings. The number of hydrogen-bond donors (Lipinski definition) is 2. The van der Waals surface area contributed by atoms with Crippen LogP contribution in [-0.2, 0) is 0 Å². The van der Waals surface area contributed by atoms with Crippen LogP contribution in [0, 0.1) is 0 Å². The Labute approximate surface area is 86.7 Å². The Morgan fingerprint density at radius 2 is 1.00 bits per heavy atom. The van der Waals surface area contributed by atoms with Crippen molar-refractivity contribution in [2.75, 3.05) is 0 Å². The molecule has 0 radical (unpaired) electrons. The summed E-state index contributed by atoms with van der Waals surface area (Å²) in [5, 5.41) is 0.